The molecule has 2 heterocycles. The maximum Gasteiger partial charge on any atom is 0.238 e. The van der Waals surface area contributed by atoms with Gasteiger partial charge in [-0.2, -0.15) is 0 Å². The number of benzene rings is 2. The Labute approximate surface area is 177 Å². The fourth-order valence-electron chi connectivity index (χ4n) is 4.15. The molecule has 2 amide bonds. The summed E-state index contributed by atoms with van der Waals surface area (Å²) in [5, 5.41) is 3.02. The fourth-order valence-corrected chi connectivity index (χ4v) is 4.15. The average molecular weight is 408 g/mol. The summed E-state index contributed by atoms with van der Waals surface area (Å²) in [4.78, 5) is 29.5. The molecule has 0 aromatic heterocycles. The molecule has 0 aliphatic carbocycles. The van der Waals surface area contributed by atoms with Crippen LogP contribution in [0, 0.1) is 19.8 Å². The van der Waals surface area contributed by atoms with Gasteiger partial charge in [0.15, 0.2) is 0 Å². The van der Waals surface area contributed by atoms with Gasteiger partial charge in [-0.25, -0.2) is 0 Å². The van der Waals surface area contributed by atoms with Crippen LogP contribution < -0.4 is 10.1 Å². The molecule has 1 fully saturated rings. The first-order chi connectivity index (χ1) is 14.5. The minimum absolute atomic E-state index is 0.0132. The van der Waals surface area contributed by atoms with E-state index in [1.807, 2.05) is 61.2 Å². The minimum Gasteiger partial charge on any atom is -0.492 e. The zero-order chi connectivity index (χ0) is 21.1. The van der Waals surface area contributed by atoms with Gasteiger partial charge in [-0.1, -0.05) is 30.3 Å². The third-order valence-corrected chi connectivity index (χ3v) is 6.16. The molecule has 6 nitrogen and oxygen atoms in total. The van der Waals surface area contributed by atoms with Crippen molar-refractivity contribution in [3.63, 3.8) is 0 Å². The molecule has 2 aliphatic rings. The lowest BCUT2D eigenvalue weighted by Crippen LogP contribution is -2.52. The van der Waals surface area contributed by atoms with Crippen LogP contribution in [0.5, 0.6) is 5.75 Å². The first-order valence-electron chi connectivity index (χ1n) is 10.6. The Balaban J connectivity index is 1.26. The van der Waals surface area contributed by atoms with E-state index in [-0.39, 0.29) is 17.7 Å². The molecule has 30 heavy (non-hydrogen) atoms. The lowest BCUT2D eigenvalue weighted by Gasteiger charge is -2.37. The van der Waals surface area contributed by atoms with Crippen LogP contribution in [0.3, 0.4) is 0 Å². The van der Waals surface area contributed by atoms with E-state index in [9.17, 15) is 9.59 Å². The average Bonchev–Trinajstić information content (AvgIpc) is 2.76. The normalized spacial score (nSPS) is 19.0. The summed E-state index contributed by atoms with van der Waals surface area (Å²) < 4.78 is 5.79. The van der Waals surface area contributed by atoms with Crippen molar-refractivity contribution in [1.29, 1.82) is 0 Å². The summed E-state index contributed by atoms with van der Waals surface area (Å²) >= 11 is 0. The Morgan fingerprint density at radius 1 is 1.03 bits per heavy atom. The number of piperazine rings is 1. The van der Waals surface area contributed by atoms with E-state index in [1.54, 1.807) is 0 Å². The molecule has 4 rings (SSSR count). The summed E-state index contributed by atoms with van der Waals surface area (Å²) in [7, 11) is 0. The molecule has 0 bridgehead atoms. The van der Waals surface area contributed by atoms with Crippen LogP contribution in [0.15, 0.2) is 42.5 Å². The van der Waals surface area contributed by atoms with Crippen molar-refractivity contribution >= 4 is 17.5 Å². The number of amides is 2. The highest BCUT2D eigenvalue weighted by atomic mass is 16.5. The summed E-state index contributed by atoms with van der Waals surface area (Å²) in [6.07, 6.45) is 0.730. The molecule has 158 valence electrons. The highest BCUT2D eigenvalue weighted by molar-refractivity contribution is 5.93. The van der Waals surface area contributed by atoms with E-state index in [0.29, 0.717) is 39.3 Å². The summed E-state index contributed by atoms with van der Waals surface area (Å²) in [5.41, 5.74) is 4.22. The maximum absolute atomic E-state index is 13.0. The van der Waals surface area contributed by atoms with Crippen LogP contribution in [0.25, 0.3) is 0 Å². The molecular weight excluding hydrogens is 378 g/mol. The second-order valence-corrected chi connectivity index (χ2v) is 8.22. The van der Waals surface area contributed by atoms with E-state index in [1.165, 1.54) is 0 Å². The molecule has 0 radical (unpaired) electrons. The predicted molar refractivity (Wildman–Crippen MR) is 117 cm³/mol. The first-order valence-corrected chi connectivity index (χ1v) is 10.6. The zero-order valence-corrected chi connectivity index (χ0v) is 17.7. The minimum atomic E-state index is -0.126. The molecule has 0 spiro atoms. The standard InChI is InChI=1S/C24H29N3O3/c1-17-6-5-8-21(18(17)2)25-23(28)15-26-10-12-27(13-11-26)24(29)20-14-19-7-3-4-9-22(19)30-16-20/h3-9,20H,10-16H2,1-2H3,(H,25,28). The smallest absolute Gasteiger partial charge is 0.238 e. The number of ether oxygens (including phenoxy) is 1. The van der Waals surface area contributed by atoms with Gasteiger partial charge in [0.05, 0.1) is 12.5 Å². The Kier molecular flexibility index (Phi) is 6.04. The number of carbonyl (C=O) groups excluding carboxylic acids is 2. The lowest BCUT2D eigenvalue weighted by molar-refractivity contribution is -0.138. The van der Waals surface area contributed by atoms with Crippen molar-refractivity contribution in [2.75, 3.05) is 44.6 Å². The molecule has 2 aliphatic heterocycles. The number of nitrogens with zero attached hydrogens (tertiary/aromatic N) is 2. The summed E-state index contributed by atoms with van der Waals surface area (Å²) in [6.45, 7) is 7.54. The Morgan fingerprint density at radius 3 is 2.60 bits per heavy atom. The molecule has 2 aromatic rings. The molecule has 6 heteroatoms. The number of nitrogens with one attached hydrogen (secondary N) is 1. The Bertz CT molecular complexity index is 935. The third-order valence-electron chi connectivity index (χ3n) is 6.16. The van der Waals surface area contributed by atoms with Crippen LogP contribution in [0.4, 0.5) is 5.69 Å². The Morgan fingerprint density at radius 2 is 1.80 bits per heavy atom. The highest BCUT2D eigenvalue weighted by Gasteiger charge is 2.31. The summed E-state index contributed by atoms with van der Waals surface area (Å²) in [5.74, 6) is 0.907. The number of carbonyl (C=O) groups is 2. The number of rotatable bonds is 4. The lowest BCUT2D eigenvalue weighted by atomic mass is 9.95. The van der Waals surface area contributed by atoms with Gasteiger partial charge in [-0.05, 0) is 49.1 Å². The van der Waals surface area contributed by atoms with Crippen molar-refractivity contribution in [2.24, 2.45) is 5.92 Å². The van der Waals surface area contributed by atoms with E-state index in [0.717, 1.165) is 34.5 Å². The first kappa shape index (κ1) is 20.4. The van der Waals surface area contributed by atoms with Crippen LogP contribution in [0.1, 0.15) is 16.7 Å². The Hall–Kier alpha value is -2.86. The second kappa shape index (κ2) is 8.88. The van der Waals surface area contributed by atoms with Gasteiger partial charge in [-0.15, -0.1) is 0 Å². The third kappa shape index (κ3) is 4.49. The second-order valence-electron chi connectivity index (χ2n) is 8.22. The van der Waals surface area contributed by atoms with E-state index in [4.69, 9.17) is 4.74 Å². The van der Waals surface area contributed by atoms with Gasteiger partial charge in [0, 0.05) is 31.9 Å². The quantitative estimate of drug-likeness (QED) is 0.847. The van der Waals surface area contributed by atoms with Gasteiger partial charge >= 0.3 is 0 Å². The van der Waals surface area contributed by atoms with Crippen LogP contribution in [-0.4, -0.2) is 60.9 Å². The van der Waals surface area contributed by atoms with E-state index < -0.39 is 0 Å². The van der Waals surface area contributed by atoms with Crippen LogP contribution in [-0.2, 0) is 16.0 Å². The van der Waals surface area contributed by atoms with Gasteiger partial charge in [0.2, 0.25) is 11.8 Å². The molecular formula is C24H29N3O3. The molecule has 1 unspecified atom stereocenters. The van der Waals surface area contributed by atoms with Crippen molar-refractivity contribution in [1.82, 2.24) is 9.80 Å². The van der Waals surface area contributed by atoms with E-state index in [2.05, 4.69) is 10.2 Å². The monoisotopic (exact) mass is 407 g/mol. The van der Waals surface area contributed by atoms with Crippen LogP contribution >= 0.6 is 0 Å². The molecule has 0 saturated carbocycles. The van der Waals surface area contributed by atoms with Crippen molar-refractivity contribution in [3.8, 4) is 5.75 Å². The predicted octanol–water partition coefficient (Wildman–Crippen LogP) is 2.64. The molecule has 1 saturated heterocycles. The number of fused-ring (bicyclic) bond motifs is 1. The van der Waals surface area contributed by atoms with Crippen molar-refractivity contribution < 1.29 is 14.3 Å². The van der Waals surface area contributed by atoms with Gasteiger partial charge < -0.3 is 15.0 Å². The maximum atomic E-state index is 13.0. The number of anilines is 1. The zero-order valence-electron chi connectivity index (χ0n) is 17.7. The van der Waals surface area contributed by atoms with Crippen LogP contribution in [0.2, 0.25) is 0 Å². The largest absolute Gasteiger partial charge is 0.492 e. The van der Waals surface area contributed by atoms with Gasteiger partial charge in [-0.3, -0.25) is 14.5 Å². The highest BCUT2D eigenvalue weighted by Crippen LogP contribution is 2.28. The molecule has 2 aromatic carbocycles. The number of para-hydroxylation sites is 1. The van der Waals surface area contributed by atoms with Gasteiger partial charge in [0.25, 0.3) is 0 Å². The van der Waals surface area contributed by atoms with Crippen molar-refractivity contribution in [2.45, 2.75) is 20.3 Å². The fraction of sp³-hybridized carbons (Fsp3) is 0.417. The molecule has 1 atom stereocenters. The van der Waals surface area contributed by atoms with E-state index >= 15 is 0 Å². The topological polar surface area (TPSA) is 61.9 Å². The summed E-state index contributed by atoms with van der Waals surface area (Å²) in [6, 6.07) is 13.8. The van der Waals surface area contributed by atoms with Gasteiger partial charge in [0.1, 0.15) is 12.4 Å². The van der Waals surface area contributed by atoms with Crippen molar-refractivity contribution in [3.05, 3.63) is 59.2 Å². The SMILES string of the molecule is Cc1cccc(NC(=O)CN2CCN(C(=O)C3COc4ccccc4C3)CC2)c1C. The number of hydrogen-bond acceptors (Lipinski definition) is 4. The number of hydrogen-bond donors (Lipinski definition) is 1. The molecule has 1 N–H and O–H groups in total. The number of aryl methyl sites for hydroxylation is 1.